The van der Waals surface area contributed by atoms with Crippen molar-refractivity contribution in [3.63, 3.8) is 0 Å². The van der Waals surface area contributed by atoms with E-state index in [1.165, 1.54) is 0 Å². The summed E-state index contributed by atoms with van der Waals surface area (Å²) < 4.78 is 5.27. The van der Waals surface area contributed by atoms with Crippen molar-refractivity contribution >= 4 is 28.5 Å². The number of hydrogen-bond acceptors (Lipinski definition) is 6. The Labute approximate surface area is 146 Å². The van der Waals surface area contributed by atoms with Crippen LogP contribution in [0.5, 0.6) is 5.75 Å². The number of aromatic amines is 1. The lowest BCUT2D eigenvalue weighted by Crippen LogP contribution is -2.35. The summed E-state index contributed by atoms with van der Waals surface area (Å²) in [6.45, 7) is 2.07. The minimum atomic E-state index is 0.430. The van der Waals surface area contributed by atoms with Crippen molar-refractivity contribution in [2.75, 3.05) is 30.8 Å². The SMILES string of the molecule is COc1cccc(Nc2nc(NC3CCNCC3)c3cc[nH]c3n2)c1. The number of piperidine rings is 1. The Balaban J connectivity index is 1.62. The van der Waals surface area contributed by atoms with Crippen LogP contribution in [0.4, 0.5) is 17.5 Å². The predicted octanol–water partition coefficient (Wildman–Crippen LogP) is 2.87. The lowest BCUT2D eigenvalue weighted by molar-refractivity contribution is 0.415. The molecule has 0 radical (unpaired) electrons. The summed E-state index contributed by atoms with van der Waals surface area (Å²) >= 11 is 0. The van der Waals surface area contributed by atoms with Crippen LogP contribution in [-0.2, 0) is 0 Å². The van der Waals surface area contributed by atoms with Gasteiger partial charge in [0.1, 0.15) is 17.2 Å². The van der Waals surface area contributed by atoms with Crippen LogP contribution < -0.4 is 20.7 Å². The van der Waals surface area contributed by atoms with E-state index < -0.39 is 0 Å². The van der Waals surface area contributed by atoms with Gasteiger partial charge in [-0.2, -0.15) is 9.97 Å². The molecule has 0 saturated carbocycles. The van der Waals surface area contributed by atoms with E-state index in [2.05, 4.69) is 25.9 Å². The first-order valence-corrected chi connectivity index (χ1v) is 8.55. The second-order valence-electron chi connectivity index (χ2n) is 6.16. The number of rotatable bonds is 5. The summed E-state index contributed by atoms with van der Waals surface area (Å²) in [6.07, 6.45) is 4.07. The first-order chi connectivity index (χ1) is 12.3. The third-order valence-corrected chi connectivity index (χ3v) is 4.42. The maximum absolute atomic E-state index is 5.27. The van der Waals surface area contributed by atoms with Gasteiger partial charge in [-0.1, -0.05) is 6.07 Å². The van der Waals surface area contributed by atoms with E-state index in [0.29, 0.717) is 12.0 Å². The zero-order chi connectivity index (χ0) is 17.1. The molecular formula is C18H22N6O. The first kappa shape index (κ1) is 15.7. The zero-order valence-corrected chi connectivity index (χ0v) is 14.2. The second kappa shape index (κ2) is 6.98. The van der Waals surface area contributed by atoms with Gasteiger partial charge >= 0.3 is 0 Å². The average molecular weight is 338 g/mol. The van der Waals surface area contributed by atoms with Crippen LogP contribution in [-0.4, -0.2) is 41.2 Å². The molecule has 1 aromatic carbocycles. The maximum Gasteiger partial charge on any atom is 0.231 e. The maximum atomic E-state index is 5.27. The molecule has 2 aromatic heterocycles. The largest absolute Gasteiger partial charge is 0.497 e. The Kier molecular flexibility index (Phi) is 4.39. The molecule has 0 atom stereocenters. The molecule has 4 N–H and O–H groups in total. The highest BCUT2D eigenvalue weighted by Gasteiger charge is 2.16. The number of H-pyrrole nitrogens is 1. The normalized spacial score (nSPS) is 15.2. The van der Waals surface area contributed by atoms with E-state index in [9.17, 15) is 0 Å². The summed E-state index contributed by atoms with van der Waals surface area (Å²) in [5.74, 6) is 2.21. The number of hydrogen-bond donors (Lipinski definition) is 4. The van der Waals surface area contributed by atoms with Gasteiger partial charge in [0.25, 0.3) is 0 Å². The van der Waals surface area contributed by atoms with Crippen molar-refractivity contribution in [1.29, 1.82) is 0 Å². The molecule has 1 aliphatic heterocycles. The number of nitrogens with zero attached hydrogens (tertiary/aromatic N) is 2. The number of methoxy groups -OCH3 is 1. The second-order valence-corrected chi connectivity index (χ2v) is 6.16. The Morgan fingerprint density at radius 1 is 1.16 bits per heavy atom. The fourth-order valence-electron chi connectivity index (χ4n) is 3.10. The van der Waals surface area contributed by atoms with Crippen molar-refractivity contribution in [3.8, 4) is 5.75 Å². The first-order valence-electron chi connectivity index (χ1n) is 8.55. The Hall–Kier alpha value is -2.80. The molecular weight excluding hydrogens is 316 g/mol. The van der Waals surface area contributed by atoms with E-state index in [1.807, 2.05) is 36.5 Å². The van der Waals surface area contributed by atoms with E-state index in [1.54, 1.807) is 7.11 Å². The molecule has 25 heavy (non-hydrogen) atoms. The quantitative estimate of drug-likeness (QED) is 0.572. The molecule has 0 amide bonds. The third-order valence-electron chi connectivity index (χ3n) is 4.42. The molecule has 0 bridgehead atoms. The van der Waals surface area contributed by atoms with Crippen molar-refractivity contribution in [2.24, 2.45) is 0 Å². The van der Waals surface area contributed by atoms with Crippen molar-refractivity contribution in [2.45, 2.75) is 18.9 Å². The Morgan fingerprint density at radius 3 is 2.88 bits per heavy atom. The van der Waals surface area contributed by atoms with Gasteiger partial charge in [0.15, 0.2) is 0 Å². The standard InChI is InChI=1S/C18H22N6O/c1-25-14-4-2-3-13(11-14)22-18-23-16-15(7-10-20-16)17(24-18)21-12-5-8-19-9-6-12/h2-4,7,10-12,19H,5-6,8-9H2,1H3,(H3,20,21,22,23,24). The summed E-state index contributed by atoms with van der Waals surface area (Å²) in [5, 5.41) is 11.2. The molecule has 1 aliphatic rings. The third kappa shape index (κ3) is 3.51. The minimum Gasteiger partial charge on any atom is -0.497 e. The van der Waals surface area contributed by atoms with Crippen LogP contribution in [0.15, 0.2) is 36.5 Å². The molecule has 1 fully saturated rings. The van der Waals surface area contributed by atoms with Gasteiger partial charge in [0.2, 0.25) is 5.95 Å². The molecule has 0 spiro atoms. The van der Waals surface area contributed by atoms with Gasteiger partial charge in [-0.3, -0.25) is 0 Å². The summed E-state index contributed by atoms with van der Waals surface area (Å²) in [5.41, 5.74) is 1.70. The lowest BCUT2D eigenvalue weighted by atomic mass is 10.1. The molecule has 1 saturated heterocycles. The molecule has 0 aliphatic carbocycles. The van der Waals surface area contributed by atoms with Crippen LogP contribution in [0.2, 0.25) is 0 Å². The topological polar surface area (TPSA) is 86.9 Å². The number of ether oxygens (including phenoxy) is 1. The highest BCUT2D eigenvalue weighted by molar-refractivity contribution is 5.88. The van der Waals surface area contributed by atoms with Gasteiger partial charge in [-0.05, 0) is 44.1 Å². The Bertz CT molecular complexity index is 856. The van der Waals surface area contributed by atoms with Gasteiger partial charge in [-0.25, -0.2) is 0 Å². The highest BCUT2D eigenvalue weighted by atomic mass is 16.5. The van der Waals surface area contributed by atoms with Crippen molar-refractivity contribution < 1.29 is 4.74 Å². The lowest BCUT2D eigenvalue weighted by Gasteiger charge is -2.24. The van der Waals surface area contributed by atoms with Crippen LogP contribution in [0, 0.1) is 0 Å². The molecule has 130 valence electrons. The smallest absolute Gasteiger partial charge is 0.231 e. The van der Waals surface area contributed by atoms with E-state index in [0.717, 1.165) is 54.2 Å². The molecule has 3 aromatic rings. The van der Waals surface area contributed by atoms with Crippen molar-refractivity contribution in [1.82, 2.24) is 20.3 Å². The summed E-state index contributed by atoms with van der Waals surface area (Å²) in [6, 6.07) is 10.2. The van der Waals surface area contributed by atoms with Crippen LogP contribution >= 0.6 is 0 Å². The van der Waals surface area contributed by atoms with Crippen LogP contribution in [0.1, 0.15) is 12.8 Å². The van der Waals surface area contributed by atoms with Crippen molar-refractivity contribution in [3.05, 3.63) is 36.5 Å². The fraction of sp³-hybridized carbons (Fsp3) is 0.333. The average Bonchev–Trinajstić information content (AvgIpc) is 3.12. The highest BCUT2D eigenvalue weighted by Crippen LogP contribution is 2.25. The van der Waals surface area contributed by atoms with Crippen LogP contribution in [0.25, 0.3) is 11.0 Å². The molecule has 4 rings (SSSR count). The molecule has 3 heterocycles. The molecule has 0 unspecified atom stereocenters. The van der Waals surface area contributed by atoms with E-state index in [-0.39, 0.29) is 0 Å². The number of fused-ring (bicyclic) bond motifs is 1. The fourth-order valence-corrected chi connectivity index (χ4v) is 3.10. The minimum absolute atomic E-state index is 0.430. The zero-order valence-electron chi connectivity index (χ0n) is 14.2. The molecule has 7 nitrogen and oxygen atoms in total. The van der Waals surface area contributed by atoms with Gasteiger partial charge in [-0.15, -0.1) is 0 Å². The number of aromatic nitrogens is 3. The van der Waals surface area contributed by atoms with E-state index >= 15 is 0 Å². The van der Waals surface area contributed by atoms with E-state index in [4.69, 9.17) is 9.72 Å². The summed E-state index contributed by atoms with van der Waals surface area (Å²) in [7, 11) is 1.65. The monoisotopic (exact) mass is 338 g/mol. The number of anilines is 3. The Morgan fingerprint density at radius 2 is 2.04 bits per heavy atom. The molecule has 7 heteroatoms. The number of nitrogens with one attached hydrogen (secondary N) is 4. The van der Waals surface area contributed by atoms with Crippen LogP contribution in [0.3, 0.4) is 0 Å². The van der Waals surface area contributed by atoms with Gasteiger partial charge in [0, 0.05) is 24.0 Å². The van der Waals surface area contributed by atoms with Gasteiger partial charge in [0.05, 0.1) is 12.5 Å². The van der Waals surface area contributed by atoms with Gasteiger partial charge < -0.3 is 25.7 Å². The predicted molar refractivity (Wildman–Crippen MR) is 99.7 cm³/mol. The number of benzene rings is 1. The summed E-state index contributed by atoms with van der Waals surface area (Å²) in [4.78, 5) is 12.5.